The van der Waals surface area contributed by atoms with E-state index in [1.54, 1.807) is 7.11 Å². The molecule has 114 valence electrons. The molecule has 6 heteroatoms. The van der Waals surface area contributed by atoms with Crippen LogP contribution >= 0.6 is 0 Å². The molecule has 0 saturated carbocycles. The second-order valence-electron chi connectivity index (χ2n) is 5.65. The van der Waals surface area contributed by atoms with Gasteiger partial charge in [0.1, 0.15) is 6.07 Å². The Morgan fingerprint density at radius 1 is 1.41 bits per heavy atom. The van der Waals surface area contributed by atoms with Crippen molar-refractivity contribution in [2.45, 2.75) is 18.4 Å². The van der Waals surface area contributed by atoms with Gasteiger partial charge in [-0.2, -0.15) is 5.26 Å². The van der Waals surface area contributed by atoms with Crippen molar-refractivity contribution in [3.63, 3.8) is 0 Å². The van der Waals surface area contributed by atoms with Crippen LogP contribution in [0.1, 0.15) is 18.5 Å². The van der Waals surface area contributed by atoms with Crippen molar-refractivity contribution in [1.82, 2.24) is 15.5 Å². The molecular formula is C16H19N5O. The van der Waals surface area contributed by atoms with Crippen LogP contribution in [0.25, 0.3) is 10.9 Å². The molecule has 1 aromatic carbocycles. The number of hydrogen-bond acceptors (Lipinski definition) is 6. The average molecular weight is 297 g/mol. The molecular weight excluding hydrogens is 278 g/mol. The number of benzene rings is 1. The second kappa shape index (κ2) is 6.26. The summed E-state index contributed by atoms with van der Waals surface area (Å²) in [4.78, 5) is 0. The Bertz CT molecular complexity index is 703. The van der Waals surface area contributed by atoms with Crippen LogP contribution in [-0.2, 0) is 4.74 Å². The van der Waals surface area contributed by atoms with Gasteiger partial charge < -0.3 is 15.4 Å². The summed E-state index contributed by atoms with van der Waals surface area (Å²) < 4.78 is 5.37. The van der Waals surface area contributed by atoms with Crippen molar-refractivity contribution in [3.05, 3.63) is 30.0 Å². The summed E-state index contributed by atoms with van der Waals surface area (Å²) >= 11 is 0. The molecule has 1 aliphatic rings. The van der Waals surface area contributed by atoms with Gasteiger partial charge in [-0.15, -0.1) is 10.2 Å². The normalized spacial score (nSPS) is 20.9. The summed E-state index contributed by atoms with van der Waals surface area (Å²) in [6, 6.07) is 9.83. The highest BCUT2D eigenvalue weighted by Crippen LogP contribution is 2.26. The molecule has 0 radical (unpaired) electrons. The molecule has 1 atom stereocenters. The van der Waals surface area contributed by atoms with Gasteiger partial charge in [0.2, 0.25) is 0 Å². The SMILES string of the molecule is COCC1(CNc2c(C#N)nnc3ccccc23)CCCN1. The molecule has 2 heterocycles. The maximum absolute atomic E-state index is 9.30. The summed E-state index contributed by atoms with van der Waals surface area (Å²) in [5.74, 6) is 0. The minimum Gasteiger partial charge on any atom is -0.383 e. The Kier molecular flexibility index (Phi) is 4.18. The van der Waals surface area contributed by atoms with Crippen molar-refractivity contribution < 1.29 is 4.74 Å². The van der Waals surface area contributed by atoms with Crippen LogP contribution in [0.4, 0.5) is 5.69 Å². The molecule has 1 unspecified atom stereocenters. The number of ether oxygens (including phenoxy) is 1. The number of nitrogens with one attached hydrogen (secondary N) is 2. The van der Waals surface area contributed by atoms with Gasteiger partial charge in [0.05, 0.1) is 23.3 Å². The van der Waals surface area contributed by atoms with E-state index in [4.69, 9.17) is 4.74 Å². The van der Waals surface area contributed by atoms with Gasteiger partial charge in [0.25, 0.3) is 0 Å². The van der Waals surface area contributed by atoms with Crippen molar-refractivity contribution in [2.24, 2.45) is 0 Å². The van der Waals surface area contributed by atoms with Crippen LogP contribution in [-0.4, -0.2) is 42.5 Å². The van der Waals surface area contributed by atoms with Crippen molar-refractivity contribution in [2.75, 3.05) is 32.1 Å². The summed E-state index contributed by atoms with van der Waals surface area (Å²) in [6.45, 7) is 2.31. The highest BCUT2D eigenvalue weighted by atomic mass is 16.5. The summed E-state index contributed by atoms with van der Waals surface area (Å²) in [5, 5.41) is 25.3. The number of nitrogens with zero attached hydrogens (tertiary/aromatic N) is 3. The first-order chi connectivity index (χ1) is 10.8. The Morgan fingerprint density at radius 3 is 3.00 bits per heavy atom. The van der Waals surface area contributed by atoms with Crippen LogP contribution in [0.5, 0.6) is 0 Å². The minimum absolute atomic E-state index is 0.0914. The average Bonchev–Trinajstić information content (AvgIpc) is 3.01. The molecule has 0 amide bonds. The van der Waals surface area contributed by atoms with Crippen molar-refractivity contribution in [3.8, 4) is 6.07 Å². The number of rotatable bonds is 5. The van der Waals surface area contributed by atoms with Crippen LogP contribution < -0.4 is 10.6 Å². The predicted octanol–water partition coefficient (Wildman–Crippen LogP) is 1.68. The first-order valence-corrected chi connectivity index (χ1v) is 7.41. The topological polar surface area (TPSA) is 82.9 Å². The van der Waals surface area contributed by atoms with E-state index in [2.05, 4.69) is 26.9 Å². The van der Waals surface area contributed by atoms with Crippen LogP contribution in [0.15, 0.2) is 24.3 Å². The van der Waals surface area contributed by atoms with Crippen LogP contribution in [0, 0.1) is 11.3 Å². The lowest BCUT2D eigenvalue weighted by Gasteiger charge is -2.29. The molecule has 1 fully saturated rings. The summed E-state index contributed by atoms with van der Waals surface area (Å²) in [6.07, 6.45) is 2.18. The molecule has 6 nitrogen and oxygen atoms in total. The largest absolute Gasteiger partial charge is 0.383 e. The molecule has 0 spiro atoms. The van der Waals surface area contributed by atoms with E-state index in [-0.39, 0.29) is 5.54 Å². The molecule has 2 N–H and O–H groups in total. The molecule has 0 aliphatic carbocycles. The standard InChI is InChI=1S/C16H19N5O/c1-22-11-16(7-4-8-19-16)10-18-15-12-5-2-3-6-13(12)20-21-14(15)9-17/h2-3,5-6,19H,4,7-8,10-11H2,1H3,(H,18,20). The molecule has 22 heavy (non-hydrogen) atoms. The zero-order chi connectivity index (χ0) is 15.4. The maximum Gasteiger partial charge on any atom is 0.186 e. The highest BCUT2D eigenvalue weighted by Gasteiger charge is 2.33. The number of anilines is 1. The quantitative estimate of drug-likeness (QED) is 0.873. The fourth-order valence-corrected chi connectivity index (χ4v) is 3.04. The third-order valence-electron chi connectivity index (χ3n) is 4.13. The second-order valence-corrected chi connectivity index (χ2v) is 5.65. The number of aromatic nitrogens is 2. The Balaban J connectivity index is 1.91. The lowest BCUT2D eigenvalue weighted by atomic mass is 9.98. The van der Waals surface area contributed by atoms with Crippen LogP contribution in [0.3, 0.4) is 0 Å². The molecule has 0 bridgehead atoms. The predicted molar refractivity (Wildman–Crippen MR) is 84.6 cm³/mol. The van der Waals surface area contributed by atoms with Crippen LogP contribution in [0.2, 0.25) is 0 Å². The maximum atomic E-state index is 9.30. The van der Waals surface area contributed by atoms with Gasteiger partial charge in [-0.05, 0) is 25.5 Å². The third kappa shape index (κ3) is 2.73. The molecule has 1 saturated heterocycles. The van der Waals surface area contributed by atoms with Gasteiger partial charge in [-0.25, -0.2) is 0 Å². The Labute approximate surface area is 129 Å². The van der Waals surface area contributed by atoms with Gasteiger partial charge in [-0.1, -0.05) is 18.2 Å². The van der Waals surface area contributed by atoms with Crippen molar-refractivity contribution >= 4 is 16.6 Å². The van der Waals surface area contributed by atoms with Crippen molar-refractivity contribution in [1.29, 1.82) is 5.26 Å². The Morgan fingerprint density at radius 2 is 2.27 bits per heavy atom. The molecule has 1 aromatic heterocycles. The van der Waals surface area contributed by atoms with E-state index in [0.29, 0.717) is 18.8 Å². The van der Waals surface area contributed by atoms with E-state index < -0.39 is 0 Å². The molecule has 1 aliphatic heterocycles. The van der Waals surface area contributed by atoms with E-state index in [9.17, 15) is 5.26 Å². The smallest absolute Gasteiger partial charge is 0.186 e. The first kappa shape index (κ1) is 14.7. The molecule has 2 aromatic rings. The first-order valence-electron chi connectivity index (χ1n) is 7.41. The van der Waals surface area contributed by atoms with E-state index in [1.807, 2.05) is 24.3 Å². The number of nitriles is 1. The fourth-order valence-electron chi connectivity index (χ4n) is 3.04. The van der Waals surface area contributed by atoms with E-state index >= 15 is 0 Å². The van der Waals surface area contributed by atoms with Gasteiger partial charge in [0.15, 0.2) is 5.69 Å². The zero-order valence-electron chi connectivity index (χ0n) is 12.6. The summed E-state index contributed by atoms with van der Waals surface area (Å²) in [5.41, 5.74) is 1.76. The third-order valence-corrected chi connectivity index (χ3v) is 4.13. The van der Waals surface area contributed by atoms with Gasteiger partial charge >= 0.3 is 0 Å². The number of fused-ring (bicyclic) bond motifs is 1. The fraction of sp³-hybridized carbons (Fsp3) is 0.438. The minimum atomic E-state index is -0.0914. The summed E-state index contributed by atoms with van der Waals surface area (Å²) in [7, 11) is 1.71. The highest BCUT2D eigenvalue weighted by molar-refractivity contribution is 5.92. The lowest BCUT2D eigenvalue weighted by Crippen LogP contribution is -2.49. The van der Waals surface area contributed by atoms with E-state index in [1.165, 1.54) is 0 Å². The van der Waals surface area contributed by atoms with Gasteiger partial charge in [-0.3, -0.25) is 0 Å². The number of hydrogen-bond donors (Lipinski definition) is 2. The molecule has 3 rings (SSSR count). The number of methoxy groups -OCH3 is 1. The lowest BCUT2D eigenvalue weighted by molar-refractivity contribution is 0.127. The Hall–Kier alpha value is -2.23. The zero-order valence-corrected chi connectivity index (χ0v) is 12.6. The van der Waals surface area contributed by atoms with E-state index in [0.717, 1.165) is 36.0 Å². The monoisotopic (exact) mass is 297 g/mol. The van der Waals surface area contributed by atoms with Gasteiger partial charge in [0, 0.05) is 19.0 Å².